The van der Waals surface area contributed by atoms with E-state index < -0.39 is 28.5 Å². The highest BCUT2D eigenvalue weighted by Crippen LogP contribution is 2.33. The quantitative estimate of drug-likeness (QED) is 0.225. The van der Waals surface area contributed by atoms with Crippen molar-refractivity contribution < 1.29 is 32.2 Å². The number of aryl methyl sites for hydroxylation is 1. The molecule has 0 bridgehead atoms. The zero-order chi connectivity index (χ0) is 33.1. The molecule has 0 saturated carbocycles. The monoisotopic (exact) mass is 639 g/mol. The summed E-state index contributed by atoms with van der Waals surface area (Å²) in [4.78, 5) is 29.2. The summed E-state index contributed by atoms with van der Waals surface area (Å²) in [5, 5.41) is 2.99. The fourth-order valence-electron chi connectivity index (χ4n) is 4.88. The van der Waals surface area contributed by atoms with Crippen LogP contribution in [0.15, 0.2) is 71.6 Å². The minimum atomic E-state index is -4.31. The molecule has 45 heavy (non-hydrogen) atoms. The summed E-state index contributed by atoms with van der Waals surface area (Å²) < 4.78 is 45.8. The number of carbonyl (C=O) groups is 2. The molecule has 0 spiro atoms. The third-order valence-corrected chi connectivity index (χ3v) is 9.25. The summed E-state index contributed by atoms with van der Waals surface area (Å²) in [6.07, 6.45) is 1.06. The molecule has 0 aliphatic rings. The van der Waals surface area contributed by atoms with E-state index in [2.05, 4.69) is 5.32 Å². The molecule has 0 aliphatic carbocycles. The molecule has 0 radical (unpaired) electrons. The lowest BCUT2D eigenvalue weighted by molar-refractivity contribution is -0.140. The van der Waals surface area contributed by atoms with Crippen molar-refractivity contribution >= 4 is 27.5 Å². The lowest BCUT2D eigenvalue weighted by Gasteiger charge is -2.34. The maximum Gasteiger partial charge on any atom is 0.264 e. The molecule has 0 aromatic heterocycles. The van der Waals surface area contributed by atoms with Gasteiger partial charge in [0.2, 0.25) is 11.8 Å². The second-order valence-corrected chi connectivity index (χ2v) is 12.6. The van der Waals surface area contributed by atoms with Gasteiger partial charge in [0.05, 0.1) is 31.4 Å². The predicted octanol–water partition coefficient (Wildman–Crippen LogP) is 5.33. The Morgan fingerprint density at radius 3 is 2.16 bits per heavy atom. The first-order valence-electron chi connectivity index (χ1n) is 15.1. The van der Waals surface area contributed by atoms with E-state index in [1.807, 2.05) is 58.9 Å². The van der Waals surface area contributed by atoms with Crippen LogP contribution in [0.2, 0.25) is 0 Å². The molecule has 3 aromatic carbocycles. The van der Waals surface area contributed by atoms with E-state index in [0.29, 0.717) is 24.5 Å². The number of ether oxygens (including phenoxy) is 3. The Labute approximate surface area is 267 Å². The number of rotatable bonds is 16. The molecule has 1 N–H and O–H groups in total. The van der Waals surface area contributed by atoms with Crippen LogP contribution in [-0.2, 0) is 26.2 Å². The Balaban J connectivity index is 2.11. The average molecular weight is 640 g/mol. The largest absolute Gasteiger partial charge is 0.494 e. The Bertz CT molecular complexity index is 1540. The lowest BCUT2D eigenvalue weighted by Crippen LogP contribution is -2.53. The summed E-state index contributed by atoms with van der Waals surface area (Å²) in [5.41, 5.74) is 2.09. The molecule has 0 saturated heterocycles. The summed E-state index contributed by atoms with van der Waals surface area (Å²) in [5.74, 6) is 0.335. The molecule has 2 amide bonds. The maximum absolute atomic E-state index is 14.3. The van der Waals surface area contributed by atoms with Gasteiger partial charge in [-0.25, -0.2) is 8.42 Å². The van der Waals surface area contributed by atoms with Gasteiger partial charge in [-0.1, -0.05) is 43.7 Å². The van der Waals surface area contributed by atoms with E-state index in [1.54, 1.807) is 24.3 Å². The first kappa shape index (κ1) is 35.2. The van der Waals surface area contributed by atoms with Crippen molar-refractivity contribution in [3.63, 3.8) is 0 Å². The van der Waals surface area contributed by atoms with Crippen molar-refractivity contribution in [1.82, 2.24) is 10.2 Å². The van der Waals surface area contributed by atoms with E-state index in [9.17, 15) is 18.0 Å². The number of methoxy groups -OCH3 is 2. The normalized spacial score (nSPS) is 12.5. The van der Waals surface area contributed by atoms with E-state index in [4.69, 9.17) is 14.2 Å². The Morgan fingerprint density at radius 1 is 0.889 bits per heavy atom. The number of benzene rings is 3. The van der Waals surface area contributed by atoms with Crippen molar-refractivity contribution in [2.45, 2.75) is 71.0 Å². The van der Waals surface area contributed by atoms with Gasteiger partial charge in [0, 0.05) is 18.7 Å². The molecular formula is C34H45N3O7S. The van der Waals surface area contributed by atoms with E-state index in [0.717, 1.165) is 21.9 Å². The van der Waals surface area contributed by atoms with Gasteiger partial charge in [-0.05, 0) is 75.6 Å². The minimum Gasteiger partial charge on any atom is -0.494 e. The van der Waals surface area contributed by atoms with Gasteiger partial charge in [-0.2, -0.15) is 0 Å². The smallest absolute Gasteiger partial charge is 0.264 e. The molecule has 2 atom stereocenters. The van der Waals surface area contributed by atoms with Gasteiger partial charge in [0.1, 0.15) is 18.3 Å². The number of nitrogens with zero attached hydrogens (tertiary/aromatic N) is 2. The van der Waals surface area contributed by atoms with Crippen molar-refractivity contribution in [3.05, 3.63) is 77.9 Å². The second-order valence-electron chi connectivity index (χ2n) is 10.7. The zero-order valence-electron chi connectivity index (χ0n) is 27.2. The molecular weight excluding hydrogens is 594 g/mol. The number of nitrogens with one attached hydrogen (secondary N) is 1. The number of sulfonamides is 1. The third-order valence-electron chi connectivity index (χ3n) is 7.48. The van der Waals surface area contributed by atoms with Crippen LogP contribution in [0.3, 0.4) is 0 Å². The number of hydrogen-bond acceptors (Lipinski definition) is 7. The molecule has 0 unspecified atom stereocenters. The van der Waals surface area contributed by atoms with Crippen molar-refractivity contribution in [2.24, 2.45) is 0 Å². The van der Waals surface area contributed by atoms with Crippen molar-refractivity contribution in [3.8, 4) is 17.2 Å². The predicted molar refractivity (Wildman–Crippen MR) is 175 cm³/mol. The highest BCUT2D eigenvalue weighted by atomic mass is 32.2. The number of carbonyl (C=O) groups excluding carboxylic acids is 2. The van der Waals surface area contributed by atoms with Crippen molar-refractivity contribution in [2.75, 3.05) is 31.7 Å². The summed E-state index contributed by atoms with van der Waals surface area (Å²) in [7, 11) is -1.43. The molecule has 244 valence electrons. The van der Waals surface area contributed by atoms with Crippen molar-refractivity contribution in [1.29, 1.82) is 0 Å². The fourth-order valence-corrected chi connectivity index (χ4v) is 6.31. The summed E-state index contributed by atoms with van der Waals surface area (Å²) in [6.45, 7) is 9.52. The third kappa shape index (κ3) is 8.91. The minimum absolute atomic E-state index is 0.0892. The summed E-state index contributed by atoms with van der Waals surface area (Å²) >= 11 is 0. The molecule has 3 rings (SSSR count). The number of amides is 2. The van der Waals surface area contributed by atoms with Crippen LogP contribution in [0.5, 0.6) is 17.2 Å². The first-order chi connectivity index (χ1) is 21.5. The lowest BCUT2D eigenvalue weighted by atomic mass is 10.1. The molecule has 10 nitrogen and oxygen atoms in total. The van der Waals surface area contributed by atoms with Gasteiger partial charge in [0.15, 0.2) is 11.5 Å². The topological polar surface area (TPSA) is 114 Å². The molecule has 0 fully saturated rings. The van der Waals surface area contributed by atoms with Crippen LogP contribution in [0, 0.1) is 6.92 Å². The van der Waals surface area contributed by atoms with Gasteiger partial charge in [-0.15, -0.1) is 0 Å². The molecule has 0 heterocycles. The highest BCUT2D eigenvalue weighted by Gasteiger charge is 2.34. The van der Waals surface area contributed by atoms with E-state index in [-0.39, 0.29) is 34.8 Å². The zero-order valence-corrected chi connectivity index (χ0v) is 28.0. The highest BCUT2D eigenvalue weighted by molar-refractivity contribution is 7.92. The van der Waals surface area contributed by atoms with Gasteiger partial charge < -0.3 is 24.4 Å². The van der Waals surface area contributed by atoms with Crippen LogP contribution >= 0.6 is 0 Å². The number of hydrogen-bond donors (Lipinski definition) is 1. The van der Waals surface area contributed by atoms with Crippen LogP contribution < -0.4 is 23.8 Å². The fraction of sp³-hybridized carbons (Fsp3) is 0.412. The van der Waals surface area contributed by atoms with Gasteiger partial charge in [0.25, 0.3) is 10.0 Å². The van der Waals surface area contributed by atoms with E-state index in [1.165, 1.54) is 37.3 Å². The molecule has 3 aromatic rings. The molecule has 11 heteroatoms. The van der Waals surface area contributed by atoms with Gasteiger partial charge in [-0.3, -0.25) is 13.9 Å². The van der Waals surface area contributed by atoms with Crippen LogP contribution in [0.1, 0.15) is 51.7 Å². The average Bonchev–Trinajstić information content (AvgIpc) is 3.03. The Hall–Kier alpha value is -4.25. The second kappa shape index (κ2) is 16.2. The van der Waals surface area contributed by atoms with Crippen LogP contribution in [-0.4, -0.2) is 64.6 Å². The van der Waals surface area contributed by atoms with Crippen LogP contribution in [0.4, 0.5) is 5.69 Å². The maximum atomic E-state index is 14.3. The molecule has 0 aliphatic heterocycles. The Morgan fingerprint density at radius 2 is 1.58 bits per heavy atom. The standard InChI is InChI=1S/C34H45N3O7S/c1-8-25(5)35-34(39)30(9-2)36(22-26-13-11-12-24(4)20-26)33(38)23-37(27-14-16-28(17-15-27)44-10-3)45(40,41)29-18-19-31(42-6)32(21-29)43-7/h11-21,25,30H,8-10,22-23H2,1-7H3,(H,35,39)/t25-,30+/m0/s1. The van der Waals surface area contributed by atoms with E-state index >= 15 is 0 Å². The van der Waals surface area contributed by atoms with Gasteiger partial charge >= 0.3 is 0 Å². The number of anilines is 1. The summed E-state index contributed by atoms with van der Waals surface area (Å²) in [6, 6.07) is 17.5. The SMILES string of the molecule is CCOc1ccc(N(CC(=O)N(Cc2cccc(C)c2)[C@H](CC)C(=O)N[C@@H](C)CC)S(=O)(=O)c2ccc(OC)c(OC)c2)cc1. The van der Waals surface area contributed by atoms with Crippen LogP contribution in [0.25, 0.3) is 0 Å². The first-order valence-corrected chi connectivity index (χ1v) is 16.6. The Kier molecular flexibility index (Phi) is 12.7.